The Morgan fingerprint density at radius 1 is 1.20 bits per heavy atom. The summed E-state index contributed by atoms with van der Waals surface area (Å²) in [5, 5.41) is 0.976. The highest BCUT2D eigenvalue weighted by molar-refractivity contribution is 7.85. The number of hydrogen-bond donors (Lipinski definition) is 1. The van der Waals surface area contributed by atoms with E-state index in [9.17, 15) is 4.79 Å². The minimum Gasteiger partial charge on any atom is -0.462 e. The average Bonchev–Trinajstić information content (AvgIpc) is 3.01. The molecule has 1 aromatic heterocycles. The lowest BCUT2D eigenvalue weighted by Gasteiger charge is -2.05. The second kappa shape index (κ2) is 7.72. The molecule has 6 heteroatoms. The Hall–Kier alpha value is -2.31. The lowest BCUT2D eigenvalue weighted by Crippen LogP contribution is -2.07. The number of furan rings is 1. The molecule has 0 N–H and O–H groups in total. The Labute approximate surface area is 156 Å². The fourth-order valence-corrected chi connectivity index (χ4v) is 2.66. The summed E-state index contributed by atoms with van der Waals surface area (Å²) in [4.78, 5) is 12.5. The first-order chi connectivity index (χ1) is 12.1. The largest absolute Gasteiger partial charge is 0.462 e. The lowest BCUT2D eigenvalue weighted by atomic mass is 10.1. The van der Waals surface area contributed by atoms with Crippen molar-refractivity contribution in [2.75, 3.05) is 12.4 Å². The van der Waals surface area contributed by atoms with Crippen LogP contribution >= 0.6 is 24.8 Å². The van der Waals surface area contributed by atoms with Gasteiger partial charge in [-0.1, -0.05) is 30.3 Å². The molecule has 0 radical (unpaired) electrons. The Balaban J connectivity index is 2.17. The van der Waals surface area contributed by atoms with Gasteiger partial charge in [0.1, 0.15) is 22.7 Å². The highest BCUT2D eigenvalue weighted by atomic mass is 32.1. The Bertz CT molecular complexity index is 916. The molecule has 0 atom stereocenters. The average molecular weight is 372 g/mol. The van der Waals surface area contributed by atoms with E-state index >= 15 is 0 Å². The van der Waals surface area contributed by atoms with E-state index in [-0.39, 0.29) is 6.61 Å². The van der Waals surface area contributed by atoms with Crippen molar-refractivity contribution in [3.8, 4) is 17.1 Å². The van der Waals surface area contributed by atoms with E-state index in [1.54, 1.807) is 25.1 Å². The third-order valence-electron chi connectivity index (χ3n) is 3.54. The minimum atomic E-state index is -0.436. The van der Waals surface area contributed by atoms with Crippen molar-refractivity contribution in [3.63, 3.8) is 0 Å². The van der Waals surface area contributed by atoms with Crippen LogP contribution in [0.5, 0.6) is 5.75 Å². The van der Waals surface area contributed by atoms with Gasteiger partial charge in [0.15, 0.2) is 5.05 Å². The van der Waals surface area contributed by atoms with Crippen LogP contribution in [0.1, 0.15) is 17.3 Å². The van der Waals surface area contributed by atoms with Crippen molar-refractivity contribution in [1.29, 1.82) is 0 Å². The maximum absolute atomic E-state index is 12.5. The molecule has 0 amide bonds. The first-order valence-electron chi connectivity index (χ1n) is 7.74. The van der Waals surface area contributed by atoms with Crippen LogP contribution in [0.4, 0.5) is 0 Å². The van der Waals surface area contributed by atoms with Crippen LogP contribution in [0, 0.1) is 0 Å². The molecule has 3 rings (SSSR count). The Kier molecular flexibility index (Phi) is 5.40. The van der Waals surface area contributed by atoms with Crippen molar-refractivity contribution in [3.05, 3.63) is 54.1 Å². The number of fused-ring (bicyclic) bond motifs is 1. The van der Waals surface area contributed by atoms with Crippen molar-refractivity contribution in [2.45, 2.75) is 6.92 Å². The summed E-state index contributed by atoms with van der Waals surface area (Å²) in [6, 6.07) is 14.7. The van der Waals surface area contributed by atoms with Gasteiger partial charge in [-0.2, -0.15) is 12.6 Å². The molecule has 2 aromatic carbocycles. The van der Waals surface area contributed by atoms with Crippen molar-refractivity contribution < 1.29 is 18.7 Å². The zero-order chi connectivity index (χ0) is 17.8. The summed E-state index contributed by atoms with van der Waals surface area (Å²) in [7, 11) is 0. The summed E-state index contributed by atoms with van der Waals surface area (Å²) in [5.41, 5.74) is 1.76. The molecule has 0 unspecified atom stereocenters. The second-order valence-electron chi connectivity index (χ2n) is 5.18. The van der Waals surface area contributed by atoms with Crippen LogP contribution in [0.25, 0.3) is 22.3 Å². The standard InChI is InChI=1S/C19H16O4S2/c1-2-21-19(20)17-14-10-13(22-16(25)11-24)8-9-15(14)23-18(17)12-6-4-3-5-7-12/h3-10,24H,2,11H2,1H3. The molecule has 0 bridgehead atoms. The number of hydrogen-bond acceptors (Lipinski definition) is 6. The molecule has 0 aliphatic rings. The van der Waals surface area contributed by atoms with Gasteiger partial charge in [-0.25, -0.2) is 4.79 Å². The molecule has 4 nitrogen and oxygen atoms in total. The molecule has 0 fully saturated rings. The van der Waals surface area contributed by atoms with Crippen LogP contribution in [0.15, 0.2) is 52.9 Å². The molecule has 3 aromatic rings. The van der Waals surface area contributed by atoms with Gasteiger partial charge >= 0.3 is 5.97 Å². The van der Waals surface area contributed by atoms with E-state index in [1.807, 2.05) is 30.3 Å². The molecular weight excluding hydrogens is 356 g/mol. The van der Waals surface area contributed by atoms with Gasteiger partial charge in [0.2, 0.25) is 0 Å². The van der Waals surface area contributed by atoms with Gasteiger partial charge < -0.3 is 13.9 Å². The van der Waals surface area contributed by atoms with Gasteiger partial charge in [0, 0.05) is 10.9 Å². The molecule has 25 heavy (non-hydrogen) atoms. The number of thiol groups is 1. The highest BCUT2D eigenvalue weighted by Gasteiger charge is 2.23. The zero-order valence-corrected chi connectivity index (χ0v) is 15.2. The van der Waals surface area contributed by atoms with Crippen LogP contribution < -0.4 is 4.74 Å². The number of esters is 1. The fourth-order valence-electron chi connectivity index (χ4n) is 2.50. The van der Waals surface area contributed by atoms with Gasteiger partial charge in [-0.15, -0.1) is 0 Å². The fraction of sp³-hybridized carbons (Fsp3) is 0.158. The van der Waals surface area contributed by atoms with Crippen molar-refractivity contribution in [1.82, 2.24) is 0 Å². The van der Waals surface area contributed by atoms with E-state index in [1.165, 1.54) is 0 Å². The van der Waals surface area contributed by atoms with Crippen LogP contribution in [0.3, 0.4) is 0 Å². The maximum Gasteiger partial charge on any atom is 0.342 e. The Morgan fingerprint density at radius 2 is 1.96 bits per heavy atom. The van der Waals surface area contributed by atoms with E-state index in [0.29, 0.717) is 38.8 Å². The minimum absolute atomic E-state index is 0.277. The normalized spacial score (nSPS) is 10.6. The van der Waals surface area contributed by atoms with Gasteiger partial charge in [0.25, 0.3) is 0 Å². The number of benzene rings is 2. The predicted molar refractivity (Wildman–Crippen MR) is 105 cm³/mol. The molecular formula is C19H16O4S2. The highest BCUT2D eigenvalue weighted by Crippen LogP contribution is 2.36. The molecule has 0 aliphatic carbocycles. The summed E-state index contributed by atoms with van der Waals surface area (Å²) in [6.07, 6.45) is 0. The van der Waals surface area contributed by atoms with E-state index in [4.69, 9.17) is 26.1 Å². The first kappa shape index (κ1) is 17.5. The SMILES string of the molecule is CCOC(=O)c1c(-c2ccccc2)oc2ccc(OC(=S)CS)cc12. The van der Waals surface area contributed by atoms with Crippen LogP contribution in [0.2, 0.25) is 0 Å². The summed E-state index contributed by atoms with van der Waals surface area (Å²) in [6.45, 7) is 2.04. The van der Waals surface area contributed by atoms with E-state index in [2.05, 4.69) is 12.6 Å². The summed E-state index contributed by atoms with van der Waals surface area (Å²) in [5.74, 6) is 0.896. The molecule has 0 saturated heterocycles. The number of carbonyl (C=O) groups excluding carboxylic acids is 1. The summed E-state index contributed by atoms with van der Waals surface area (Å²) < 4.78 is 16.7. The molecule has 128 valence electrons. The zero-order valence-electron chi connectivity index (χ0n) is 13.5. The number of carbonyl (C=O) groups is 1. The van der Waals surface area contributed by atoms with E-state index in [0.717, 1.165) is 5.56 Å². The quantitative estimate of drug-likeness (QED) is 0.392. The maximum atomic E-state index is 12.5. The lowest BCUT2D eigenvalue weighted by molar-refractivity contribution is 0.0529. The van der Waals surface area contributed by atoms with Gasteiger partial charge in [-0.05, 0) is 37.3 Å². The summed E-state index contributed by atoms with van der Waals surface area (Å²) >= 11 is 9.15. The number of thiocarbonyl (C=S) groups is 1. The van der Waals surface area contributed by atoms with Gasteiger partial charge in [0.05, 0.1) is 12.4 Å². The smallest absolute Gasteiger partial charge is 0.342 e. The molecule has 0 spiro atoms. The molecule has 1 heterocycles. The third kappa shape index (κ3) is 3.70. The molecule has 0 saturated carbocycles. The topological polar surface area (TPSA) is 48.7 Å². The predicted octanol–water partition coefficient (Wildman–Crippen LogP) is 4.91. The monoisotopic (exact) mass is 372 g/mol. The third-order valence-corrected chi connectivity index (χ3v) is 4.26. The second-order valence-corrected chi connectivity index (χ2v) is 5.95. The van der Waals surface area contributed by atoms with Crippen molar-refractivity contribution >= 4 is 46.8 Å². The molecule has 0 aliphatic heterocycles. The Morgan fingerprint density at radius 3 is 2.64 bits per heavy atom. The van der Waals surface area contributed by atoms with Crippen LogP contribution in [-0.2, 0) is 4.74 Å². The van der Waals surface area contributed by atoms with E-state index < -0.39 is 5.97 Å². The number of ether oxygens (including phenoxy) is 2. The van der Waals surface area contributed by atoms with Gasteiger partial charge in [-0.3, -0.25) is 0 Å². The number of rotatable bonds is 5. The van der Waals surface area contributed by atoms with Crippen LogP contribution in [-0.4, -0.2) is 23.4 Å². The van der Waals surface area contributed by atoms with Crippen molar-refractivity contribution in [2.24, 2.45) is 0 Å². The first-order valence-corrected chi connectivity index (χ1v) is 8.78.